The maximum Gasteiger partial charge on any atom is 0.460 e. The maximum atomic E-state index is 13.6. The Morgan fingerprint density at radius 3 is 2.28 bits per heavy atom. The van der Waals surface area contributed by atoms with E-state index < -0.39 is 51.9 Å². The summed E-state index contributed by atoms with van der Waals surface area (Å²) in [4.78, 5) is 23.8. The normalized spacial score (nSPS) is 16.6. The molecule has 5 nitrogen and oxygen atoms in total. The highest BCUT2D eigenvalue weighted by Crippen LogP contribution is 2.53. The van der Waals surface area contributed by atoms with Gasteiger partial charge >= 0.3 is 17.4 Å². The largest absolute Gasteiger partial charge is 0.460 e. The molecule has 0 radical (unpaired) electrons. The van der Waals surface area contributed by atoms with E-state index >= 15 is 0 Å². The number of fused-ring (bicyclic) bond motifs is 1. The van der Waals surface area contributed by atoms with Gasteiger partial charge in [0.1, 0.15) is 6.04 Å². The van der Waals surface area contributed by atoms with Crippen molar-refractivity contribution in [3.05, 3.63) is 48.5 Å². The summed E-state index contributed by atoms with van der Waals surface area (Å²) in [5.74, 6) is -7.47. The summed E-state index contributed by atoms with van der Waals surface area (Å²) in [5.41, 5.74) is 0.981. The van der Waals surface area contributed by atoms with Crippen LogP contribution in [0.25, 0.3) is 0 Å². The predicted molar refractivity (Wildman–Crippen MR) is 104 cm³/mol. The summed E-state index contributed by atoms with van der Waals surface area (Å²) in [6, 6.07) is 9.84. The molecule has 13 heteroatoms. The molecule has 0 saturated carbocycles. The number of benzene rings is 2. The lowest BCUT2D eigenvalue weighted by Crippen LogP contribution is -2.49. The minimum Gasteiger partial charge on any atom is -0.372 e. The first-order valence-electron chi connectivity index (χ1n) is 8.88. The van der Waals surface area contributed by atoms with E-state index in [4.69, 9.17) is 0 Å². The third-order valence-corrected chi connectivity index (χ3v) is 5.31. The van der Waals surface area contributed by atoms with Crippen LogP contribution in [0.1, 0.15) is 6.42 Å². The lowest BCUT2D eigenvalue weighted by atomic mass is 10.1. The number of hydrogen-bond donors (Lipinski definition) is 3. The van der Waals surface area contributed by atoms with Gasteiger partial charge < -0.3 is 16.0 Å². The van der Waals surface area contributed by atoms with Gasteiger partial charge in [0.15, 0.2) is 0 Å². The third-order valence-electron chi connectivity index (χ3n) is 4.31. The first kappa shape index (κ1) is 23.7. The highest BCUT2D eigenvalue weighted by atomic mass is 32.2. The summed E-state index contributed by atoms with van der Waals surface area (Å²) < 4.78 is 90.3. The standard InChI is InChI=1S/C19H14F7N3O2S/c20-17(21,18(22,23)24)19(25,26)32-11-5-3-4-10(8-11)27-15(30)9-14-16(31)29-13-7-2-1-6-12(13)28-14/h1-8,14,28H,9H2,(H,27,30)(H,29,31)/t14-/m1/s1. The van der Waals surface area contributed by atoms with Gasteiger partial charge in [0.05, 0.1) is 17.8 Å². The number of rotatable bonds is 6. The SMILES string of the molecule is O=C(C[C@H]1Nc2ccccc2NC1=O)Nc1cccc(SC(F)(F)C(F)(F)C(F)(F)F)c1. The number of carbonyl (C=O) groups excluding carboxylic acids is 2. The van der Waals surface area contributed by atoms with Crippen molar-refractivity contribution in [2.75, 3.05) is 16.0 Å². The first-order valence-corrected chi connectivity index (χ1v) is 9.69. The van der Waals surface area contributed by atoms with Crippen molar-refractivity contribution in [3.63, 3.8) is 0 Å². The monoisotopic (exact) mass is 481 g/mol. The van der Waals surface area contributed by atoms with Crippen LogP contribution in [0, 0.1) is 0 Å². The highest BCUT2D eigenvalue weighted by Gasteiger charge is 2.73. The first-order chi connectivity index (χ1) is 14.8. The Bertz CT molecular complexity index is 1030. The molecule has 1 aliphatic heterocycles. The molecule has 2 aromatic rings. The lowest BCUT2D eigenvalue weighted by Gasteiger charge is -2.27. The van der Waals surface area contributed by atoms with Crippen LogP contribution >= 0.6 is 11.8 Å². The van der Waals surface area contributed by atoms with Crippen LogP contribution in [0.15, 0.2) is 53.4 Å². The molecule has 0 saturated heterocycles. The molecule has 1 heterocycles. The average Bonchev–Trinajstić information content (AvgIpc) is 2.67. The molecular formula is C19H14F7N3O2S. The van der Waals surface area contributed by atoms with E-state index in [1.165, 1.54) is 6.07 Å². The van der Waals surface area contributed by atoms with Gasteiger partial charge in [-0.05, 0) is 42.1 Å². The van der Waals surface area contributed by atoms with Crippen molar-refractivity contribution in [3.8, 4) is 0 Å². The number of hydrogen-bond acceptors (Lipinski definition) is 4. The van der Waals surface area contributed by atoms with Crippen LogP contribution in [0.5, 0.6) is 0 Å². The lowest BCUT2D eigenvalue weighted by molar-refractivity contribution is -0.330. The van der Waals surface area contributed by atoms with Gasteiger partial charge in [-0.3, -0.25) is 9.59 Å². The van der Waals surface area contributed by atoms with Crippen molar-refractivity contribution >= 4 is 40.6 Å². The molecule has 0 aromatic heterocycles. The van der Waals surface area contributed by atoms with E-state index in [1.54, 1.807) is 24.3 Å². The topological polar surface area (TPSA) is 70.2 Å². The zero-order chi connectivity index (χ0) is 23.7. The summed E-state index contributed by atoms with van der Waals surface area (Å²) >= 11 is -0.982. The van der Waals surface area contributed by atoms with Crippen molar-refractivity contribution in [2.45, 2.75) is 34.7 Å². The van der Waals surface area contributed by atoms with Gasteiger partial charge in [-0.25, -0.2) is 0 Å². The molecule has 0 unspecified atom stereocenters. The van der Waals surface area contributed by atoms with Crippen LogP contribution < -0.4 is 16.0 Å². The van der Waals surface area contributed by atoms with Crippen LogP contribution in [0.3, 0.4) is 0 Å². The fourth-order valence-electron chi connectivity index (χ4n) is 2.75. The molecule has 3 N–H and O–H groups in total. The molecule has 2 aromatic carbocycles. The third kappa shape index (κ3) is 4.92. The second-order valence-corrected chi connectivity index (χ2v) is 7.89. The Kier molecular flexibility index (Phi) is 6.31. The minimum atomic E-state index is -6.44. The molecule has 1 aliphatic rings. The van der Waals surface area contributed by atoms with Crippen LogP contribution in [-0.4, -0.2) is 35.2 Å². The highest BCUT2D eigenvalue weighted by molar-refractivity contribution is 8.00. The second kappa shape index (κ2) is 8.52. The molecule has 0 bridgehead atoms. The molecule has 0 spiro atoms. The molecule has 1 atom stereocenters. The number of amides is 2. The van der Waals surface area contributed by atoms with Crippen LogP contribution in [-0.2, 0) is 9.59 Å². The number of nitrogens with one attached hydrogen (secondary N) is 3. The van der Waals surface area contributed by atoms with Crippen molar-refractivity contribution < 1.29 is 40.3 Å². The summed E-state index contributed by atoms with van der Waals surface area (Å²) in [7, 11) is 0. The fraction of sp³-hybridized carbons (Fsp3) is 0.263. The van der Waals surface area contributed by atoms with Gasteiger partial charge in [0, 0.05) is 10.6 Å². The number of anilines is 3. The number of halogens is 7. The van der Waals surface area contributed by atoms with Gasteiger partial charge in [-0.1, -0.05) is 18.2 Å². The van der Waals surface area contributed by atoms with Crippen LogP contribution in [0.4, 0.5) is 47.8 Å². The van der Waals surface area contributed by atoms with E-state index in [1.807, 2.05) is 0 Å². The Morgan fingerprint density at radius 2 is 1.62 bits per heavy atom. The van der Waals surface area contributed by atoms with E-state index in [2.05, 4.69) is 16.0 Å². The minimum absolute atomic E-state index is 0.122. The zero-order valence-electron chi connectivity index (χ0n) is 15.8. The molecule has 2 amide bonds. The van der Waals surface area contributed by atoms with E-state index in [9.17, 15) is 40.3 Å². The smallest absolute Gasteiger partial charge is 0.372 e. The molecular weight excluding hydrogens is 467 g/mol. The van der Waals surface area contributed by atoms with Gasteiger partial charge in [-0.15, -0.1) is 0 Å². The van der Waals surface area contributed by atoms with Gasteiger partial charge in [0.2, 0.25) is 11.8 Å². The van der Waals surface area contributed by atoms with E-state index in [0.717, 1.165) is 18.2 Å². The molecule has 0 fully saturated rings. The van der Waals surface area contributed by atoms with Crippen LogP contribution in [0.2, 0.25) is 0 Å². The summed E-state index contributed by atoms with van der Waals surface area (Å²) in [6.45, 7) is 0. The number of para-hydroxylation sites is 2. The van der Waals surface area contributed by atoms with Crippen molar-refractivity contribution in [2.24, 2.45) is 0 Å². The Hall–Kier alpha value is -2.96. The number of carbonyl (C=O) groups is 2. The Labute approximate surface area is 180 Å². The quantitative estimate of drug-likeness (QED) is 0.385. The summed E-state index contributed by atoms with van der Waals surface area (Å²) in [5, 5.41) is 2.30. The number of alkyl halides is 7. The van der Waals surface area contributed by atoms with E-state index in [0.29, 0.717) is 11.4 Å². The molecule has 3 rings (SSSR count). The Balaban J connectivity index is 1.66. The zero-order valence-corrected chi connectivity index (χ0v) is 16.6. The second-order valence-electron chi connectivity index (χ2n) is 6.70. The van der Waals surface area contributed by atoms with Crippen molar-refractivity contribution in [1.29, 1.82) is 0 Å². The Morgan fingerprint density at radius 1 is 0.969 bits per heavy atom. The molecule has 172 valence electrons. The number of thioether (sulfide) groups is 1. The van der Waals surface area contributed by atoms with Gasteiger partial charge in [-0.2, -0.15) is 30.7 Å². The fourth-order valence-corrected chi connectivity index (χ4v) is 3.62. The van der Waals surface area contributed by atoms with Gasteiger partial charge in [0.25, 0.3) is 0 Å². The maximum absolute atomic E-state index is 13.6. The average molecular weight is 481 g/mol. The summed E-state index contributed by atoms with van der Waals surface area (Å²) in [6.07, 6.45) is -6.80. The molecule has 32 heavy (non-hydrogen) atoms. The van der Waals surface area contributed by atoms with Crippen molar-refractivity contribution in [1.82, 2.24) is 0 Å². The molecule has 0 aliphatic carbocycles. The van der Waals surface area contributed by atoms with E-state index in [-0.39, 0.29) is 12.1 Å². The predicted octanol–water partition coefficient (Wildman–Crippen LogP) is 5.33.